The van der Waals surface area contributed by atoms with Crippen LogP contribution in [0.1, 0.15) is 25.8 Å². The topological polar surface area (TPSA) is 191 Å². The molecular formula is C20H30N4O7. The number of aromatic hydroxyl groups is 1. The third-order valence-corrected chi connectivity index (χ3v) is 4.81. The Balaban J connectivity index is 2.93. The van der Waals surface area contributed by atoms with E-state index >= 15 is 0 Å². The molecule has 8 N–H and O–H groups in total. The molecule has 11 nitrogen and oxygen atoms in total. The zero-order valence-corrected chi connectivity index (χ0v) is 17.5. The molecule has 0 fully saturated rings. The smallest absolute Gasteiger partial charge is 0.326 e. The summed E-state index contributed by atoms with van der Waals surface area (Å²) in [5.41, 5.74) is 5.91. The van der Waals surface area contributed by atoms with Crippen LogP contribution in [0, 0.1) is 5.92 Å². The fraction of sp³-hybridized carbons (Fsp3) is 0.500. The molecule has 0 aliphatic rings. The SMILES string of the molecule is CCC(C)C(NC(=O)C(CO)NC(=O)C(Cc1ccc(O)cc1)NC(=O)CN)C(=O)O. The van der Waals surface area contributed by atoms with Gasteiger partial charge in [0, 0.05) is 6.42 Å². The highest BCUT2D eigenvalue weighted by Gasteiger charge is 2.31. The molecule has 31 heavy (non-hydrogen) atoms. The number of phenolic OH excluding ortho intramolecular Hbond substituents is 1. The number of aliphatic carboxylic acids is 1. The fourth-order valence-electron chi connectivity index (χ4n) is 2.73. The Kier molecular flexibility index (Phi) is 10.4. The molecule has 1 rings (SSSR count). The van der Waals surface area contributed by atoms with E-state index in [0.717, 1.165) is 0 Å². The minimum absolute atomic E-state index is 0.0297. The van der Waals surface area contributed by atoms with Gasteiger partial charge in [0.2, 0.25) is 17.7 Å². The van der Waals surface area contributed by atoms with Crippen molar-refractivity contribution < 1.29 is 34.5 Å². The van der Waals surface area contributed by atoms with Crippen LogP contribution in [0.5, 0.6) is 5.75 Å². The van der Waals surface area contributed by atoms with Gasteiger partial charge < -0.3 is 37.0 Å². The monoisotopic (exact) mass is 438 g/mol. The Bertz CT molecular complexity index is 769. The molecule has 0 aliphatic heterocycles. The number of benzene rings is 1. The van der Waals surface area contributed by atoms with Crippen molar-refractivity contribution in [3.63, 3.8) is 0 Å². The zero-order chi connectivity index (χ0) is 23.6. The Hall–Kier alpha value is -3.18. The molecule has 1 aromatic rings. The predicted molar refractivity (Wildman–Crippen MR) is 111 cm³/mol. The van der Waals surface area contributed by atoms with Gasteiger partial charge in [0.15, 0.2) is 0 Å². The molecule has 0 bridgehead atoms. The molecule has 0 heterocycles. The van der Waals surface area contributed by atoms with E-state index < -0.39 is 48.4 Å². The van der Waals surface area contributed by atoms with E-state index in [0.29, 0.717) is 12.0 Å². The van der Waals surface area contributed by atoms with Crippen molar-refractivity contribution in [3.8, 4) is 5.75 Å². The number of amides is 3. The van der Waals surface area contributed by atoms with Crippen LogP contribution in [0.2, 0.25) is 0 Å². The fourth-order valence-corrected chi connectivity index (χ4v) is 2.73. The number of nitrogens with two attached hydrogens (primary N) is 1. The third-order valence-electron chi connectivity index (χ3n) is 4.81. The second-order valence-electron chi connectivity index (χ2n) is 7.15. The van der Waals surface area contributed by atoms with Crippen molar-refractivity contribution in [2.75, 3.05) is 13.2 Å². The Morgan fingerprint density at radius 3 is 2.06 bits per heavy atom. The first-order valence-corrected chi connectivity index (χ1v) is 9.84. The summed E-state index contributed by atoms with van der Waals surface area (Å²) in [5, 5.41) is 35.4. The number of carboxylic acid groups (broad SMARTS) is 1. The van der Waals surface area contributed by atoms with Gasteiger partial charge in [0.25, 0.3) is 0 Å². The quantitative estimate of drug-likeness (QED) is 0.204. The maximum Gasteiger partial charge on any atom is 0.326 e. The first kappa shape index (κ1) is 25.9. The van der Waals surface area contributed by atoms with Crippen LogP contribution in [0.25, 0.3) is 0 Å². The largest absolute Gasteiger partial charge is 0.508 e. The van der Waals surface area contributed by atoms with Crippen molar-refractivity contribution >= 4 is 23.7 Å². The minimum atomic E-state index is -1.42. The van der Waals surface area contributed by atoms with Crippen molar-refractivity contribution in [2.45, 2.75) is 44.8 Å². The number of carboxylic acids is 1. The van der Waals surface area contributed by atoms with E-state index in [9.17, 15) is 34.5 Å². The highest BCUT2D eigenvalue weighted by molar-refractivity contribution is 5.93. The molecular weight excluding hydrogens is 408 g/mol. The van der Waals surface area contributed by atoms with E-state index in [2.05, 4.69) is 16.0 Å². The Morgan fingerprint density at radius 1 is 1.00 bits per heavy atom. The molecule has 0 spiro atoms. The lowest BCUT2D eigenvalue weighted by Gasteiger charge is -2.25. The van der Waals surface area contributed by atoms with Crippen molar-refractivity contribution in [3.05, 3.63) is 29.8 Å². The first-order chi connectivity index (χ1) is 14.6. The van der Waals surface area contributed by atoms with Gasteiger partial charge in [-0.05, 0) is 23.6 Å². The lowest BCUT2D eigenvalue weighted by atomic mass is 9.99. The predicted octanol–water partition coefficient (Wildman–Crippen LogP) is -1.53. The average Bonchev–Trinajstić information content (AvgIpc) is 2.75. The minimum Gasteiger partial charge on any atom is -0.508 e. The molecule has 172 valence electrons. The van der Waals surface area contributed by atoms with Gasteiger partial charge in [0.1, 0.15) is 23.9 Å². The van der Waals surface area contributed by atoms with Crippen LogP contribution < -0.4 is 21.7 Å². The van der Waals surface area contributed by atoms with Crippen molar-refractivity contribution in [1.29, 1.82) is 0 Å². The summed E-state index contributed by atoms with van der Waals surface area (Å²) in [6, 6.07) is 2.23. The van der Waals surface area contributed by atoms with Gasteiger partial charge in [-0.15, -0.1) is 0 Å². The standard InChI is InChI=1S/C20H30N4O7/c1-3-11(2)17(20(30)31)24-19(29)15(10-25)23-18(28)14(22-16(27)9-21)8-12-4-6-13(26)7-5-12/h4-7,11,14-15,17,25-26H,3,8-10,21H2,1-2H3,(H,22,27)(H,23,28)(H,24,29)(H,30,31). The van der Waals surface area contributed by atoms with Gasteiger partial charge in [-0.3, -0.25) is 14.4 Å². The second kappa shape index (κ2) is 12.5. The van der Waals surface area contributed by atoms with Gasteiger partial charge in [-0.1, -0.05) is 32.4 Å². The van der Waals surface area contributed by atoms with E-state index in [1.165, 1.54) is 12.1 Å². The second-order valence-corrected chi connectivity index (χ2v) is 7.15. The average molecular weight is 438 g/mol. The molecule has 4 atom stereocenters. The number of hydrogen-bond donors (Lipinski definition) is 7. The Labute approximate surface area is 180 Å². The van der Waals surface area contributed by atoms with Gasteiger partial charge in [0.05, 0.1) is 13.2 Å². The summed E-state index contributed by atoms with van der Waals surface area (Å²) in [5.74, 6) is -3.81. The van der Waals surface area contributed by atoms with Crippen molar-refractivity contribution in [2.24, 2.45) is 11.7 Å². The maximum absolute atomic E-state index is 12.7. The molecule has 0 saturated heterocycles. The third kappa shape index (κ3) is 8.22. The molecule has 0 aliphatic carbocycles. The van der Waals surface area contributed by atoms with E-state index in [1.54, 1.807) is 26.0 Å². The van der Waals surface area contributed by atoms with Crippen LogP contribution in [0.4, 0.5) is 0 Å². The van der Waals surface area contributed by atoms with Gasteiger partial charge >= 0.3 is 5.97 Å². The number of nitrogens with one attached hydrogen (secondary N) is 3. The maximum atomic E-state index is 12.7. The van der Waals surface area contributed by atoms with E-state index in [1.807, 2.05) is 0 Å². The summed E-state index contributed by atoms with van der Waals surface area (Å²) in [4.78, 5) is 48.3. The van der Waals surface area contributed by atoms with Crippen LogP contribution in [-0.4, -0.2) is 70.3 Å². The summed E-state index contributed by atoms with van der Waals surface area (Å²) < 4.78 is 0. The molecule has 0 aromatic heterocycles. The van der Waals surface area contributed by atoms with Gasteiger partial charge in [-0.2, -0.15) is 0 Å². The summed E-state index contributed by atoms with van der Waals surface area (Å²) in [6.07, 6.45) is 0.523. The molecule has 1 aromatic carbocycles. The van der Waals surface area contributed by atoms with Crippen LogP contribution in [-0.2, 0) is 25.6 Å². The number of aliphatic hydroxyl groups excluding tert-OH is 1. The number of rotatable bonds is 12. The lowest BCUT2D eigenvalue weighted by Crippen LogP contribution is -2.58. The normalized spacial score (nSPS) is 14.6. The molecule has 0 saturated carbocycles. The number of carbonyl (C=O) groups excluding carboxylic acids is 3. The summed E-state index contributed by atoms with van der Waals surface area (Å²) in [7, 11) is 0. The molecule has 0 radical (unpaired) electrons. The van der Waals surface area contributed by atoms with Crippen LogP contribution in [0.15, 0.2) is 24.3 Å². The van der Waals surface area contributed by atoms with Gasteiger partial charge in [-0.25, -0.2) is 4.79 Å². The summed E-state index contributed by atoms with van der Waals surface area (Å²) in [6.45, 7) is 2.29. The first-order valence-electron chi connectivity index (χ1n) is 9.84. The van der Waals surface area contributed by atoms with Crippen molar-refractivity contribution in [1.82, 2.24) is 16.0 Å². The lowest BCUT2D eigenvalue weighted by molar-refractivity contribution is -0.144. The number of aliphatic hydroxyl groups is 1. The number of carbonyl (C=O) groups is 4. The van der Waals surface area contributed by atoms with E-state index in [-0.39, 0.29) is 24.6 Å². The summed E-state index contributed by atoms with van der Waals surface area (Å²) >= 11 is 0. The number of phenols is 1. The highest BCUT2D eigenvalue weighted by atomic mass is 16.4. The molecule has 11 heteroatoms. The number of hydrogen-bond acceptors (Lipinski definition) is 7. The van der Waals surface area contributed by atoms with Crippen LogP contribution in [0.3, 0.4) is 0 Å². The van der Waals surface area contributed by atoms with Crippen LogP contribution >= 0.6 is 0 Å². The highest BCUT2D eigenvalue weighted by Crippen LogP contribution is 2.12. The molecule has 3 amide bonds. The Morgan fingerprint density at radius 2 is 1.58 bits per heavy atom. The molecule has 4 unspecified atom stereocenters. The zero-order valence-electron chi connectivity index (χ0n) is 17.5. The van der Waals surface area contributed by atoms with E-state index in [4.69, 9.17) is 5.73 Å².